The highest BCUT2D eigenvalue weighted by Gasteiger charge is 2.16. The van der Waals surface area contributed by atoms with E-state index in [1.165, 1.54) is 0 Å². The number of carbonyl (C=O) groups excluding carboxylic acids is 1. The minimum Gasteiger partial charge on any atom is -0.497 e. The molecule has 0 aliphatic heterocycles. The van der Waals surface area contributed by atoms with E-state index in [1.54, 1.807) is 30.0 Å². The third-order valence-electron chi connectivity index (χ3n) is 5.29. The average molecular weight is 491 g/mol. The van der Waals surface area contributed by atoms with E-state index in [0.717, 1.165) is 22.7 Å². The van der Waals surface area contributed by atoms with Crippen LogP contribution in [0.15, 0.2) is 46.9 Å². The molecule has 188 valence electrons. The van der Waals surface area contributed by atoms with Gasteiger partial charge in [-0.25, -0.2) is 14.6 Å². The molecule has 4 aromatic rings. The van der Waals surface area contributed by atoms with Gasteiger partial charge < -0.3 is 24.1 Å². The predicted molar refractivity (Wildman–Crippen MR) is 136 cm³/mol. The third kappa shape index (κ3) is 5.89. The van der Waals surface area contributed by atoms with Crippen molar-refractivity contribution in [1.82, 2.24) is 24.6 Å². The third-order valence-corrected chi connectivity index (χ3v) is 5.29. The van der Waals surface area contributed by atoms with E-state index in [2.05, 4.69) is 20.4 Å². The molecule has 0 aliphatic rings. The fraction of sp³-hybridized carbons (Fsp3) is 0.308. The van der Waals surface area contributed by atoms with Crippen LogP contribution >= 0.6 is 0 Å². The Hall–Kier alpha value is -4.18. The molecule has 0 atom stereocenters. The Morgan fingerprint density at radius 3 is 2.53 bits per heavy atom. The molecule has 0 aliphatic carbocycles. The van der Waals surface area contributed by atoms with Crippen molar-refractivity contribution >= 4 is 11.7 Å². The van der Waals surface area contributed by atoms with Gasteiger partial charge in [0.25, 0.3) is 5.91 Å². The molecular formula is C26H30N6O4. The van der Waals surface area contributed by atoms with Gasteiger partial charge in [0.05, 0.1) is 12.8 Å². The molecule has 0 spiro atoms. The van der Waals surface area contributed by atoms with Crippen LogP contribution in [0.2, 0.25) is 0 Å². The maximum atomic E-state index is 12.9. The number of anilines is 1. The number of carbonyl (C=O) groups is 1. The summed E-state index contributed by atoms with van der Waals surface area (Å²) in [7, 11) is 5.52. The van der Waals surface area contributed by atoms with Gasteiger partial charge in [-0.2, -0.15) is 5.10 Å². The minimum atomic E-state index is -0.367. The van der Waals surface area contributed by atoms with Crippen molar-refractivity contribution in [3.05, 3.63) is 65.2 Å². The average Bonchev–Trinajstić information content (AvgIpc) is 3.42. The van der Waals surface area contributed by atoms with E-state index >= 15 is 0 Å². The van der Waals surface area contributed by atoms with Gasteiger partial charge in [-0.15, -0.1) is 0 Å². The summed E-state index contributed by atoms with van der Waals surface area (Å²) >= 11 is 0. The van der Waals surface area contributed by atoms with Crippen molar-refractivity contribution < 1.29 is 18.7 Å². The topological polar surface area (TPSA) is 108 Å². The molecule has 3 heterocycles. The number of methoxy groups -OCH3 is 1. The molecule has 1 amide bonds. The van der Waals surface area contributed by atoms with Crippen LogP contribution in [0, 0.1) is 20.8 Å². The monoisotopic (exact) mass is 490 g/mol. The van der Waals surface area contributed by atoms with Crippen molar-refractivity contribution in [2.24, 2.45) is 0 Å². The van der Waals surface area contributed by atoms with Gasteiger partial charge >= 0.3 is 0 Å². The molecule has 36 heavy (non-hydrogen) atoms. The second-order valence-corrected chi connectivity index (χ2v) is 8.73. The SMILES string of the molecule is COc1ccc(CN(C)C)c(OCC(=O)Nc2cc(-n3nc(C)cc3C)nc(-c3ccc(C)o3)n2)c1. The Morgan fingerprint density at radius 2 is 1.89 bits per heavy atom. The van der Waals surface area contributed by atoms with Crippen LogP contribution in [-0.2, 0) is 11.3 Å². The number of nitrogens with zero attached hydrogens (tertiary/aromatic N) is 5. The van der Waals surface area contributed by atoms with Crippen LogP contribution in [0.25, 0.3) is 17.4 Å². The van der Waals surface area contributed by atoms with E-state index in [0.29, 0.717) is 41.3 Å². The molecule has 0 saturated heterocycles. The van der Waals surface area contributed by atoms with E-state index < -0.39 is 0 Å². The summed E-state index contributed by atoms with van der Waals surface area (Å²) in [4.78, 5) is 24.0. The van der Waals surface area contributed by atoms with Crippen molar-refractivity contribution in [1.29, 1.82) is 0 Å². The van der Waals surface area contributed by atoms with Crippen LogP contribution in [-0.4, -0.2) is 58.4 Å². The highest BCUT2D eigenvalue weighted by molar-refractivity contribution is 5.91. The zero-order valence-corrected chi connectivity index (χ0v) is 21.3. The number of hydrogen-bond donors (Lipinski definition) is 1. The molecule has 0 radical (unpaired) electrons. The Balaban J connectivity index is 1.58. The molecule has 4 rings (SSSR count). The molecule has 0 saturated carbocycles. The van der Waals surface area contributed by atoms with E-state index in [-0.39, 0.29) is 12.5 Å². The van der Waals surface area contributed by atoms with E-state index in [9.17, 15) is 4.79 Å². The molecule has 10 heteroatoms. The minimum absolute atomic E-state index is 0.206. The first kappa shape index (κ1) is 24.9. The van der Waals surface area contributed by atoms with Crippen molar-refractivity contribution in [2.45, 2.75) is 27.3 Å². The number of amides is 1. The van der Waals surface area contributed by atoms with Gasteiger partial charge in [0, 0.05) is 29.9 Å². The van der Waals surface area contributed by atoms with E-state index in [1.807, 2.05) is 64.0 Å². The number of rotatable bonds is 9. The number of aryl methyl sites for hydroxylation is 3. The lowest BCUT2D eigenvalue weighted by Gasteiger charge is -2.16. The Labute approximate surface area is 209 Å². The standard InChI is InChI=1S/C26H30N6O4/c1-16-11-17(2)32(30-16)24-13-23(28-26(29-24)21-10-7-18(3)36-21)27-25(33)15-35-22-12-20(34-6)9-8-19(22)14-31(4)5/h7-13H,14-15H2,1-6H3,(H,27,28,29,33). The highest BCUT2D eigenvalue weighted by atomic mass is 16.5. The Bertz CT molecular complexity index is 1370. The van der Waals surface area contributed by atoms with Crippen LogP contribution in [0.1, 0.15) is 22.7 Å². The van der Waals surface area contributed by atoms with Gasteiger partial charge in [-0.1, -0.05) is 6.07 Å². The van der Waals surface area contributed by atoms with Crippen LogP contribution in [0.3, 0.4) is 0 Å². The summed E-state index contributed by atoms with van der Waals surface area (Å²) in [6.45, 7) is 6.14. The molecular weight excluding hydrogens is 460 g/mol. The number of hydrogen-bond acceptors (Lipinski definition) is 8. The second kappa shape index (κ2) is 10.6. The molecule has 0 bridgehead atoms. The largest absolute Gasteiger partial charge is 0.497 e. The van der Waals surface area contributed by atoms with Gasteiger partial charge in [0.15, 0.2) is 24.0 Å². The summed E-state index contributed by atoms with van der Waals surface area (Å²) < 4.78 is 18.6. The van der Waals surface area contributed by atoms with E-state index in [4.69, 9.17) is 13.9 Å². The van der Waals surface area contributed by atoms with Crippen molar-refractivity contribution in [3.8, 4) is 28.9 Å². The molecule has 0 fully saturated rings. The summed E-state index contributed by atoms with van der Waals surface area (Å²) in [5, 5.41) is 7.32. The Kier molecular flexibility index (Phi) is 7.35. The summed E-state index contributed by atoms with van der Waals surface area (Å²) in [6.07, 6.45) is 0. The van der Waals surface area contributed by atoms with Crippen molar-refractivity contribution in [2.75, 3.05) is 33.1 Å². The lowest BCUT2D eigenvalue weighted by molar-refractivity contribution is -0.118. The smallest absolute Gasteiger partial charge is 0.263 e. The first-order valence-corrected chi connectivity index (χ1v) is 11.5. The molecule has 10 nitrogen and oxygen atoms in total. The lowest BCUT2D eigenvalue weighted by atomic mass is 10.2. The number of benzene rings is 1. The quantitative estimate of drug-likeness (QED) is 0.376. The highest BCUT2D eigenvalue weighted by Crippen LogP contribution is 2.26. The molecule has 1 aromatic carbocycles. The second-order valence-electron chi connectivity index (χ2n) is 8.73. The summed E-state index contributed by atoms with van der Waals surface area (Å²) in [5.41, 5.74) is 2.70. The van der Waals surface area contributed by atoms with Crippen LogP contribution < -0.4 is 14.8 Å². The predicted octanol–water partition coefficient (Wildman–Crippen LogP) is 3.94. The van der Waals surface area contributed by atoms with Gasteiger partial charge in [0.1, 0.15) is 23.1 Å². The zero-order valence-electron chi connectivity index (χ0n) is 21.3. The summed E-state index contributed by atoms with van der Waals surface area (Å²) in [5.74, 6) is 3.25. The summed E-state index contributed by atoms with van der Waals surface area (Å²) in [6, 6.07) is 12.8. The van der Waals surface area contributed by atoms with Gasteiger partial charge in [-0.05, 0) is 59.1 Å². The number of aromatic nitrogens is 4. The van der Waals surface area contributed by atoms with Gasteiger partial charge in [0.2, 0.25) is 0 Å². The van der Waals surface area contributed by atoms with Crippen LogP contribution in [0.5, 0.6) is 11.5 Å². The molecule has 1 N–H and O–H groups in total. The zero-order chi connectivity index (χ0) is 25.8. The maximum absolute atomic E-state index is 12.9. The maximum Gasteiger partial charge on any atom is 0.263 e. The number of furan rings is 1. The number of nitrogens with one attached hydrogen (secondary N) is 1. The normalized spacial score (nSPS) is 11.1. The molecule has 3 aromatic heterocycles. The lowest BCUT2D eigenvalue weighted by Crippen LogP contribution is -2.22. The first-order chi connectivity index (χ1) is 17.2. The Morgan fingerprint density at radius 1 is 1.08 bits per heavy atom. The fourth-order valence-corrected chi connectivity index (χ4v) is 3.72. The first-order valence-electron chi connectivity index (χ1n) is 11.5. The van der Waals surface area contributed by atoms with Crippen LogP contribution in [0.4, 0.5) is 5.82 Å². The van der Waals surface area contributed by atoms with Crippen molar-refractivity contribution in [3.63, 3.8) is 0 Å². The van der Waals surface area contributed by atoms with Gasteiger partial charge in [-0.3, -0.25) is 4.79 Å². The fourth-order valence-electron chi connectivity index (χ4n) is 3.72. The number of ether oxygens (including phenoxy) is 2. The molecule has 0 unspecified atom stereocenters.